The van der Waals surface area contributed by atoms with Crippen LogP contribution in [0.1, 0.15) is 47.5 Å². The van der Waals surface area contributed by atoms with Crippen LogP contribution in [0.15, 0.2) is 0 Å². The number of hydrogen-bond acceptors (Lipinski definition) is 2. The van der Waals surface area contributed by atoms with Crippen molar-refractivity contribution in [3.63, 3.8) is 0 Å². The Morgan fingerprint density at radius 2 is 1.85 bits per heavy atom. The zero-order valence-electron chi connectivity index (χ0n) is 9.46. The van der Waals surface area contributed by atoms with Gasteiger partial charge < -0.3 is 9.47 Å². The molecule has 0 aliphatic carbocycles. The zero-order chi connectivity index (χ0) is 10.1. The minimum absolute atomic E-state index is 0.282. The molecule has 78 valence electrons. The molecule has 0 saturated carbocycles. The van der Waals surface area contributed by atoms with Gasteiger partial charge in [-0.25, -0.2) is 0 Å². The maximum Gasteiger partial charge on any atom is 0.163 e. The first-order valence-corrected chi connectivity index (χ1v) is 5.35. The zero-order valence-corrected chi connectivity index (χ0v) is 9.46. The third kappa shape index (κ3) is 2.44. The second-order valence-electron chi connectivity index (χ2n) is 4.43. The second kappa shape index (κ2) is 3.97. The van der Waals surface area contributed by atoms with Crippen LogP contribution in [-0.2, 0) is 9.47 Å². The summed E-state index contributed by atoms with van der Waals surface area (Å²) in [7, 11) is 0. The average molecular weight is 186 g/mol. The van der Waals surface area contributed by atoms with Gasteiger partial charge in [0, 0.05) is 0 Å². The van der Waals surface area contributed by atoms with Gasteiger partial charge >= 0.3 is 0 Å². The predicted octanol–water partition coefficient (Wildman–Crippen LogP) is 2.96. The Balaban J connectivity index is 2.63. The lowest BCUT2D eigenvalue weighted by Crippen LogP contribution is -2.28. The molecule has 2 heteroatoms. The molecule has 0 radical (unpaired) electrons. The van der Waals surface area contributed by atoms with Gasteiger partial charge in [-0.3, -0.25) is 0 Å². The standard InChI is InChI=1S/C11H22O2/c1-6-8(3)10-9(7-2)12-11(4,5)13-10/h8-10H,6-7H2,1-5H3. The molecule has 0 aromatic carbocycles. The first-order chi connectivity index (χ1) is 6.00. The van der Waals surface area contributed by atoms with E-state index in [0.717, 1.165) is 12.8 Å². The fourth-order valence-electron chi connectivity index (χ4n) is 1.89. The van der Waals surface area contributed by atoms with Crippen molar-refractivity contribution >= 4 is 0 Å². The summed E-state index contributed by atoms with van der Waals surface area (Å²) in [6.07, 6.45) is 2.76. The topological polar surface area (TPSA) is 18.5 Å². The van der Waals surface area contributed by atoms with Crippen LogP contribution in [-0.4, -0.2) is 18.0 Å². The molecule has 3 atom stereocenters. The van der Waals surface area contributed by atoms with Crippen LogP contribution >= 0.6 is 0 Å². The van der Waals surface area contributed by atoms with Crippen LogP contribution in [0.4, 0.5) is 0 Å². The fraction of sp³-hybridized carbons (Fsp3) is 1.00. The molecular formula is C11H22O2. The SMILES string of the molecule is CCC(C)C1OC(C)(C)OC1CC. The predicted molar refractivity (Wildman–Crippen MR) is 53.6 cm³/mol. The minimum Gasteiger partial charge on any atom is -0.345 e. The molecule has 1 aliphatic heterocycles. The molecule has 0 aromatic heterocycles. The van der Waals surface area contributed by atoms with Gasteiger partial charge in [-0.15, -0.1) is 0 Å². The van der Waals surface area contributed by atoms with Gasteiger partial charge in [0.1, 0.15) is 0 Å². The minimum atomic E-state index is -0.380. The molecule has 3 unspecified atom stereocenters. The maximum absolute atomic E-state index is 5.88. The average Bonchev–Trinajstić information content (AvgIpc) is 2.39. The highest BCUT2D eigenvalue weighted by molar-refractivity contribution is 4.83. The van der Waals surface area contributed by atoms with Crippen molar-refractivity contribution in [2.45, 2.75) is 65.5 Å². The Bertz CT molecular complexity index is 165. The van der Waals surface area contributed by atoms with Crippen molar-refractivity contribution in [2.24, 2.45) is 5.92 Å². The summed E-state index contributed by atoms with van der Waals surface area (Å²) in [5.41, 5.74) is 0. The van der Waals surface area contributed by atoms with E-state index < -0.39 is 0 Å². The van der Waals surface area contributed by atoms with Gasteiger partial charge in [0.05, 0.1) is 12.2 Å². The molecule has 1 saturated heterocycles. The lowest BCUT2D eigenvalue weighted by atomic mass is 9.96. The fourth-order valence-corrected chi connectivity index (χ4v) is 1.89. The van der Waals surface area contributed by atoms with E-state index in [1.54, 1.807) is 0 Å². The highest BCUT2D eigenvalue weighted by Gasteiger charge is 2.42. The highest BCUT2D eigenvalue weighted by Crippen LogP contribution is 2.34. The number of rotatable bonds is 3. The monoisotopic (exact) mass is 186 g/mol. The molecule has 0 aromatic rings. The molecule has 0 spiro atoms. The summed E-state index contributed by atoms with van der Waals surface area (Å²) in [5, 5.41) is 0. The molecule has 1 rings (SSSR count). The first-order valence-electron chi connectivity index (χ1n) is 5.35. The number of hydrogen-bond donors (Lipinski definition) is 0. The second-order valence-corrected chi connectivity index (χ2v) is 4.43. The van der Waals surface area contributed by atoms with Crippen molar-refractivity contribution in [3.8, 4) is 0 Å². The van der Waals surface area contributed by atoms with E-state index in [2.05, 4.69) is 20.8 Å². The van der Waals surface area contributed by atoms with E-state index in [4.69, 9.17) is 9.47 Å². The summed E-state index contributed by atoms with van der Waals surface area (Å²) in [6, 6.07) is 0. The summed E-state index contributed by atoms with van der Waals surface area (Å²) in [5.74, 6) is 0.209. The van der Waals surface area contributed by atoms with E-state index in [-0.39, 0.29) is 18.0 Å². The van der Waals surface area contributed by atoms with E-state index in [1.807, 2.05) is 13.8 Å². The van der Waals surface area contributed by atoms with Crippen LogP contribution in [0.2, 0.25) is 0 Å². The van der Waals surface area contributed by atoms with Gasteiger partial charge in [-0.2, -0.15) is 0 Å². The van der Waals surface area contributed by atoms with E-state index >= 15 is 0 Å². The van der Waals surface area contributed by atoms with Crippen molar-refractivity contribution in [1.82, 2.24) is 0 Å². The van der Waals surface area contributed by atoms with Crippen LogP contribution < -0.4 is 0 Å². The van der Waals surface area contributed by atoms with Gasteiger partial charge in [0.2, 0.25) is 0 Å². The Hall–Kier alpha value is -0.0800. The highest BCUT2D eigenvalue weighted by atomic mass is 16.7. The van der Waals surface area contributed by atoms with Crippen LogP contribution in [0.5, 0.6) is 0 Å². The van der Waals surface area contributed by atoms with Crippen molar-refractivity contribution < 1.29 is 9.47 Å². The van der Waals surface area contributed by atoms with Crippen LogP contribution in [0, 0.1) is 5.92 Å². The molecule has 13 heavy (non-hydrogen) atoms. The molecule has 1 fully saturated rings. The van der Waals surface area contributed by atoms with Gasteiger partial charge in [-0.05, 0) is 26.2 Å². The largest absolute Gasteiger partial charge is 0.345 e. The van der Waals surface area contributed by atoms with Crippen molar-refractivity contribution in [3.05, 3.63) is 0 Å². The Labute approximate surface area is 81.6 Å². The molecular weight excluding hydrogens is 164 g/mol. The lowest BCUT2D eigenvalue weighted by molar-refractivity contribution is -0.150. The smallest absolute Gasteiger partial charge is 0.163 e. The Kier molecular flexibility index (Phi) is 3.36. The Morgan fingerprint density at radius 1 is 1.23 bits per heavy atom. The normalized spacial score (nSPS) is 34.8. The van der Waals surface area contributed by atoms with Crippen molar-refractivity contribution in [2.75, 3.05) is 0 Å². The molecule has 2 nitrogen and oxygen atoms in total. The third-order valence-corrected chi connectivity index (χ3v) is 2.83. The first kappa shape index (κ1) is 11.0. The van der Waals surface area contributed by atoms with E-state index in [9.17, 15) is 0 Å². The third-order valence-electron chi connectivity index (χ3n) is 2.83. The molecule has 1 heterocycles. The molecule has 0 bridgehead atoms. The van der Waals surface area contributed by atoms with Gasteiger partial charge in [0.15, 0.2) is 5.79 Å². The molecule has 0 amide bonds. The maximum atomic E-state index is 5.88. The number of ether oxygens (including phenoxy) is 2. The summed E-state index contributed by atoms with van der Waals surface area (Å²) in [4.78, 5) is 0. The lowest BCUT2D eigenvalue weighted by Gasteiger charge is -2.21. The van der Waals surface area contributed by atoms with Gasteiger partial charge in [0.25, 0.3) is 0 Å². The van der Waals surface area contributed by atoms with Crippen molar-refractivity contribution in [1.29, 1.82) is 0 Å². The van der Waals surface area contributed by atoms with Crippen LogP contribution in [0.25, 0.3) is 0 Å². The van der Waals surface area contributed by atoms with E-state index in [0.29, 0.717) is 5.92 Å². The van der Waals surface area contributed by atoms with Gasteiger partial charge in [-0.1, -0.05) is 27.2 Å². The van der Waals surface area contributed by atoms with E-state index in [1.165, 1.54) is 0 Å². The summed E-state index contributed by atoms with van der Waals surface area (Å²) < 4.78 is 11.7. The summed E-state index contributed by atoms with van der Waals surface area (Å²) >= 11 is 0. The summed E-state index contributed by atoms with van der Waals surface area (Å²) in [6.45, 7) is 10.6. The molecule has 1 aliphatic rings. The molecule has 0 N–H and O–H groups in total. The van der Waals surface area contributed by atoms with Crippen LogP contribution in [0.3, 0.4) is 0 Å². The Morgan fingerprint density at radius 3 is 2.31 bits per heavy atom. The quantitative estimate of drug-likeness (QED) is 0.674.